The van der Waals surface area contributed by atoms with Gasteiger partial charge in [-0.25, -0.2) is 0 Å². The summed E-state index contributed by atoms with van der Waals surface area (Å²) < 4.78 is 5.10. The smallest absolute Gasteiger partial charge is 0.255 e. The van der Waals surface area contributed by atoms with E-state index in [0.29, 0.717) is 34.1 Å². The molecule has 0 heterocycles. The van der Waals surface area contributed by atoms with Crippen molar-refractivity contribution in [3.05, 3.63) is 94.5 Å². The number of carbonyl (C=O) groups is 2. The Morgan fingerprint density at radius 3 is 2.36 bits per heavy atom. The van der Waals surface area contributed by atoms with Crippen LogP contribution in [0.5, 0.6) is 5.75 Å². The highest BCUT2D eigenvalue weighted by molar-refractivity contribution is 6.32. The maximum Gasteiger partial charge on any atom is 0.255 e. The van der Waals surface area contributed by atoms with Gasteiger partial charge >= 0.3 is 0 Å². The first-order chi connectivity index (χ1) is 13.6. The second-order valence-electron chi connectivity index (χ2n) is 6.02. The summed E-state index contributed by atoms with van der Waals surface area (Å²) in [6.07, 6.45) is 0. The van der Waals surface area contributed by atoms with E-state index in [-0.39, 0.29) is 11.8 Å². The number of hydrogen-bond donors (Lipinski definition) is 2. The third-order valence-electron chi connectivity index (χ3n) is 4.13. The predicted octanol–water partition coefficient (Wildman–Crippen LogP) is 4.53. The van der Waals surface area contributed by atoms with E-state index >= 15 is 0 Å². The van der Waals surface area contributed by atoms with Crippen molar-refractivity contribution in [3.63, 3.8) is 0 Å². The molecule has 2 N–H and O–H groups in total. The lowest BCUT2D eigenvalue weighted by Crippen LogP contribution is -2.24. The van der Waals surface area contributed by atoms with Gasteiger partial charge in [0.15, 0.2) is 0 Å². The molecule has 0 aliphatic rings. The maximum absolute atomic E-state index is 12.6. The second kappa shape index (κ2) is 9.06. The molecule has 0 aromatic heterocycles. The Hall–Kier alpha value is -3.31. The highest BCUT2D eigenvalue weighted by Gasteiger charge is 2.15. The molecule has 6 heteroatoms. The molecule has 0 saturated carbocycles. The molecule has 3 aromatic rings. The fraction of sp³-hybridized carbons (Fsp3) is 0.0909. The normalized spacial score (nSPS) is 10.2. The number of anilines is 1. The molecule has 3 rings (SSSR count). The Bertz CT molecular complexity index is 990. The quantitative estimate of drug-likeness (QED) is 0.645. The zero-order chi connectivity index (χ0) is 19.9. The summed E-state index contributed by atoms with van der Waals surface area (Å²) in [5.41, 5.74) is 2.16. The van der Waals surface area contributed by atoms with Crippen molar-refractivity contribution in [2.75, 3.05) is 12.4 Å². The van der Waals surface area contributed by atoms with Gasteiger partial charge < -0.3 is 15.4 Å². The van der Waals surface area contributed by atoms with Crippen LogP contribution in [-0.4, -0.2) is 18.9 Å². The van der Waals surface area contributed by atoms with E-state index in [4.69, 9.17) is 16.3 Å². The molecule has 0 saturated heterocycles. The number of rotatable bonds is 6. The van der Waals surface area contributed by atoms with Crippen molar-refractivity contribution in [1.82, 2.24) is 5.32 Å². The molecule has 0 unspecified atom stereocenters. The van der Waals surface area contributed by atoms with Gasteiger partial charge in [0.1, 0.15) is 5.75 Å². The van der Waals surface area contributed by atoms with Gasteiger partial charge in [-0.2, -0.15) is 0 Å². The van der Waals surface area contributed by atoms with Gasteiger partial charge in [-0.3, -0.25) is 9.59 Å². The minimum Gasteiger partial charge on any atom is -0.495 e. The van der Waals surface area contributed by atoms with E-state index < -0.39 is 0 Å². The van der Waals surface area contributed by atoms with E-state index in [9.17, 15) is 9.59 Å². The number of ether oxygens (including phenoxy) is 1. The molecule has 0 atom stereocenters. The number of hydrogen-bond acceptors (Lipinski definition) is 3. The average molecular weight is 395 g/mol. The monoisotopic (exact) mass is 394 g/mol. The van der Waals surface area contributed by atoms with Gasteiger partial charge in [0.2, 0.25) is 0 Å². The summed E-state index contributed by atoms with van der Waals surface area (Å²) in [6.45, 7) is 0.399. The SMILES string of the molecule is COc1ccc(C(=O)Nc2ccccc2C(=O)NCc2ccccc2)cc1Cl. The summed E-state index contributed by atoms with van der Waals surface area (Å²) in [6, 6.07) is 21.2. The maximum atomic E-state index is 12.6. The molecule has 0 radical (unpaired) electrons. The van der Waals surface area contributed by atoms with Crippen LogP contribution in [0.3, 0.4) is 0 Å². The lowest BCUT2D eigenvalue weighted by Gasteiger charge is -2.12. The molecule has 0 aliphatic carbocycles. The molecule has 0 aliphatic heterocycles. The Morgan fingerprint density at radius 1 is 0.929 bits per heavy atom. The van der Waals surface area contributed by atoms with E-state index in [0.717, 1.165) is 5.56 Å². The molecule has 0 bridgehead atoms. The van der Waals surface area contributed by atoms with Crippen molar-refractivity contribution in [1.29, 1.82) is 0 Å². The molecular formula is C22H19ClN2O3. The summed E-state index contributed by atoms with van der Waals surface area (Å²) >= 11 is 6.09. The predicted molar refractivity (Wildman–Crippen MR) is 110 cm³/mol. The first-order valence-corrected chi connectivity index (χ1v) is 9.02. The number of nitrogens with one attached hydrogen (secondary N) is 2. The molecule has 3 aromatic carbocycles. The number of amides is 2. The highest BCUT2D eigenvalue weighted by atomic mass is 35.5. The summed E-state index contributed by atoms with van der Waals surface area (Å²) in [7, 11) is 1.51. The standard InChI is InChI=1S/C22H19ClN2O3/c1-28-20-12-11-16(13-18(20)23)21(26)25-19-10-6-5-9-17(19)22(27)24-14-15-7-3-2-4-8-15/h2-13H,14H2,1H3,(H,24,27)(H,25,26). The number of methoxy groups -OCH3 is 1. The van der Waals surface area contributed by atoms with Gasteiger partial charge in [-0.05, 0) is 35.9 Å². The van der Waals surface area contributed by atoms with Crippen LogP contribution in [0.15, 0.2) is 72.8 Å². The minimum atomic E-state index is -0.368. The minimum absolute atomic E-state index is 0.271. The first-order valence-electron chi connectivity index (χ1n) is 8.64. The third-order valence-corrected chi connectivity index (χ3v) is 4.43. The van der Waals surface area contributed by atoms with Crippen LogP contribution in [0.2, 0.25) is 5.02 Å². The Kier molecular flexibility index (Phi) is 6.29. The lowest BCUT2D eigenvalue weighted by molar-refractivity contribution is 0.0952. The fourth-order valence-electron chi connectivity index (χ4n) is 2.67. The Balaban J connectivity index is 1.73. The number of para-hydroxylation sites is 1. The molecule has 2 amide bonds. The highest BCUT2D eigenvalue weighted by Crippen LogP contribution is 2.25. The summed E-state index contributed by atoms with van der Waals surface area (Å²) in [4.78, 5) is 25.2. The molecule has 0 fully saturated rings. The van der Waals surface area contributed by atoms with E-state index in [2.05, 4.69) is 10.6 Å². The summed E-state index contributed by atoms with van der Waals surface area (Å²) in [5.74, 6) is -0.153. The topological polar surface area (TPSA) is 67.4 Å². The zero-order valence-corrected chi connectivity index (χ0v) is 16.0. The van der Waals surface area contributed by atoms with Crippen molar-refractivity contribution in [3.8, 4) is 5.75 Å². The van der Waals surface area contributed by atoms with Crippen LogP contribution in [0.25, 0.3) is 0 Å². The summed E-state index contributed by atoms with van der Waals surface area (Å²) in [5, 5.41) is 5.97. The van der Waals surface area contributed by atoms with E-state index in [1.807, 2.05) is 30.3 Å². The van der Waals surface area contributed by atoms with Gasteiger partial charge in [-0.15, -0.1) is 0 Å². The van der Waals surface area contributed by atoms with Gasteiger partial charge in [-0.1, -0.05) is 54.1 Å². The number of carbonyl (C=O) groups excluding carboxylic acids is 2. The molecule has 0 spiro atoms. The van der Waals surface area contributed by atoms with Crippen LogP contribution in [0.4, 0.5) is 5.69 Å². The van der Waals surface area contributed by atoms with Crippen molar-refractivity contribution < 1.29 is 14.3 Å². The molecule has 5 nitrogen and oxygen atoms in total. The zero-order valence-electron chi connectivity index (χ0n) is 15.2. The van der Waals surface area contributed by atoms with Gasteiger partial charge in [0.05, 0.1) is 23.4 Å². The molecule has 142 valence electrons. The van der Waals surface area contributed by atoms with Crippen molar-refractivity contribution in [2.24, 2.45) is 0 Å². The average Bonchev–Trinajstić information content (AvgIpc) is 2.73. The Morgan fingerprint density at radius 2 is 1.64 bits per heavy atom. The van der Waals surface area contributed by atoms with Crippen LogP contribution in [0, 0.1) is 0 Å². The number of benzene rings is 3. The van der Waals surface area contributed by atoms with Crippen LogP contribution >= 0.6 is 11.6 Å². The van der Waals surface area contributed by atoms with Crippen LogP contribution in [0.1, 0.15) is 26.3 Å². The molecular weight excluding hydrogens is 376 g/mol. The fourth-order valence-corrected chi connectivity index (χ4v) is 2.92. The van der Waals surface area contributed by atoms with E-state index in [1.54, 1.807) is 36.4 Å². The van der Waals surface area contributed by atoms with Crippen LogP contribution in [-0.2, 0) is 6.54 Å². The first kappa shape index (κ1) is 19.5. The van der Waals surface area contributed by atoms with Crippen molar-refractivity contribution in [2.45, 2.75) is 6.54 Å². The van der Waals surface area contributed by atoms with Crippen LogP contribution < -0.4 is 15.4 Å². The second-order valence-corrected chi connectivity index (χ2v) is 6.42. The van der Waals surface area contributed by atoms with Gasteiger partial charge in [0.25, 0.3) is 11.8 Å². The molecule has 28 heavy (non-hydrogen) atoms. The number of halogens is 1. The van der Waals surface area contributed by atoms with E-state index in [1.165, 1.54) is 13.2 Å². The van der Waals surface area contributed by atoms with Gasteiger partial charge in [0, 0.05) is 12.1 Å². The third kappa shape index (κ3) is 4.69. The lowest BCUT2D eigenvalue weighted by atomic mass is 10.1. The largest absolute Gasteiger partial charge is 0.495 e. The Labute approximate surface area is 168 Å². The van der Waals surface area contributed by atoms with Crippen molar-refractivity contribution >= 4 is 29.1 Å².